The maximum Gasteiger partial charge on any atom is 0.322 e. The molecule has 0 bridgehead atoms. The van der Waals surface area contributed by atoms with E-state index in [0.717, 1.165) is 0 Å². The number of rotatable bonds is 5. The van der Waals surface area contributed by atoms with E-state index in [1.54, 1.807) is 65.4 Å². The van der Waals surface area contributed by atoms with Crippen molar-refractivity contribution < 1.29 is 14.0 Å². The van der Waals surface area contributed by atoms with Crippen LogP contribution < -0.4 is 10.6 Å². The molecule has 1 saturated heterocycles. The Hall–Kier alpha value is -3.79. The van der Waals surface area contributed by atoms with Crippen LogP contribution in [0.3, 0.4) is 0 Å². The van der Waals surface area contributed by atoms with E-state index >= 15 is 0 Å². The summed E-state index contributed by atoms with van der Waals surface area (Å²) in [6, 6.07) is 10.5. The van der Waals surface area contributed by atoms with Gasteiger partial charge in [0.05, 0.1) is 11.7 Å². The number of piperazine rings is 1. The molecule has 1 atom stereocenters. The molecule has 166 valence electrons. The van der Waals surface area contributed by atoms with E-state index in [0.29, 0.717) is 43.4 Å². The summed E-state index contributed by atoms with van der Waals surface area (Å²) >= 11 is 0. The topological polar surface area (TPSA) is 95.4 Å². The Morgan fingerprint density at radius 3 is 2.56 bits per heavy atom. The van der Waals surface area contributed by atoms with Gasteiger partial charge in [-0.15, -0.1) is 0 Å². The first-order valence-corrected chi connectivity index (χ1v) is 10.3. The number of urea groups is 1. The van der Waals surface area contributed by atoms with Crippen LogP contribution in [-0.4, -0.2) is 68.7 Å². The fourth-order valence-corrected chi connectivity index (χ4v) is 3.56. The Kier molecular flexibility index (Phi) is 6.41. The van der Waals surface area contributed by atoms with Gasteiger partial charge in [0, 0.05) is 50.5 Å². The summed E-state index contributed by atoms with van der Waals surface area (Å²) in [5, 5.41) is 9.81. The van der Waals surface area contributed by atoms with Crippen molar-refractivity contribution in [1.29, 1.82) is 0 Å². The summed E-state index contributed by atoms with van der Waals surface area (Å²) in [6.45, 7) is 3.84. The Bertz CT molecular complexity index is 1080. The van der Waals surface area contributed by atoms with Gasteiger partial charge in [0.2, 0.25) is 5.91 Å². The molecule has 0 radical (unpaired) electrons. The SMILES string of the molecule is CC(C(=O)Nc1cccc(F)c1)N1CCN(C(=O)Nc2cccnc2-n2cccn2)CC1. The molecule has 32 heavy (non-hydrogen) atoms. The van der Waals surface area contributed by atoms with Crippen molar-refractivity contribution in [3.63, 3.8) is 0 Å². The summed E-state index contributed by atoms with van der Waals surface area (Å²) in [6.07, 6.45) is 5.04. The monoisotopic (exact) mass is 437 g/mol. The van der Waals surface area contributed by atoms with E-state index in [1.165, 1.54) is 12.1 Å². The first-order chi connectivity index (χ1) is 15.5. The lowest BCUT2D eigenvalue weighted by molar-refractivity contribution is -0.121. The minimum Gasteiger partial charge on any atom is -0.325 e. The zero-order valence-corrected chi connectivity index (χ0v) is 17.6. The maximum absolute atomic E-state index is 13.3. The van der Waals surface area contributed by atoms with Gasteiger partial charge in [-0.05, 0) is 43.3 Å². The molecule has 1 aromatic carbocycles. The van der Waals surface area contributed by atoms with Crippen molar-refractivity contribution in [2.24, 2.45) is 0 Å². The lowest BCUT2D eigenvalue weighted by Crippen LogP contribution is -2.54. The smallest absolute Gasteiger partial charge is 0.322 e. The quantitative estimate of drug-likeness (QED) is 0.640. The molecule has 3 aromatic rings. The van der Waals surface area contributed by atoms with Crippen LogP contribution in [0.2, 0.25) is 0 Å². The fraction of sp³-hybridized carbons (Fsp3) is 0.273. The largest absolute Gasteiger partial charge is 0.325 e. The molecule has 3 heterocycles. The maximum atomic E-state index is 13.3. The molecule has 1 aliphatic rings. The molecule has 0 saturated carbocycles. The Morgan fingerprint density at radius 2 is 1.84 bits per heavy atom. The molecular weight excluding hydrogens is 413 g/mol. The molecule has 4 rings (SSSR count). The Morgan fingerprint density at radius 1 is 1.03 bits per heavy atom. The normalized spacial score (nSPS) is 15.2. The van der Waals surface area contributed by atoms with Crippen LogP contribution in [-0.2, 0) is 4.79 Å². The molecule has 0 spiro atoms. The highest BCUT2D eigenvalue weighted by molar-refractivity contribution is 5.94. The van der Waals surface area contributed by atoms with E-state index in [2.05, 4.69) is 20.7 Å². The van der Waals surface area contributed by atoms with Crippen LogP contribution in [0.4, 0.5) is 20.6 Å². The number of aromatic nitrogens is 3. The third kappa shape index (κ3) is 4.92. The molecule has 2 N–H and O–H groups in total. The van der Waals surface area contributed by atoms with E-state index in [-0.39, 0.29) is 11.9 Å². The van der Waals surface area contributed by atoms with Crippen molar-refractivity contribution in [3.8, 4) is 5.82 Å². The Labute approximate surface area is 184 Å². The number of amides is 3. The van der Waals surface area contributed by atoms with Crippen LogP contribution in [0.5, 0.6) is 0 Å². The number of anilines is 2. The zero-order chi connectivity index (χ0) is 22.5. The van der Waals surface area contributed by atoms with Gasteiger partial charge in [0.15, 0.2) is 5.82 Å². The van der Waals surface area contributed by atoms with E-state index < -0.39 is 11.9 Å². The number of hydrogen-bond acceptors (Lipinski definition) is 5. The summed E-state index contributed by atoms with van der Waals surface area (Å²) in [5.41, 5.74) is 0.982. The lowest BCUT2D eigenvalue weighted by atomic mass is 10.2. The second kappa shape index (κ2) is 9.56. The minimum atomic E-state index is -0.409. The third-order valence-corrected chi connectivity index (χ3v) is 5.37. The predicted octanol–water partition coefficient (Wildman–Crippen LogP) is 2.58. The van der Waals surface area contributed by atoms with Crippen LogP contribution in [0.15, 0.2) is 61.1 Å². The number of benzene rings is 1. The van der Waals surface area contributed by atoms with Crippen LogP contribution in [0, 0.1) is 5.82 Å². The van der Waals surface area contributed by atoms with Gasteiger partial charge < -0.3 is 15.5 Å². The molecule has 3 amide bonds. The lowest BCUT2D eigenvalue weighted by Gasteiger charge is -2.37. The van der Waals surface area contributed by atoms with Crippen LogP contribution in [0.25, 0.3) is 5.82 Å². The number of halogens is 1. The molecule has 1 fully saturated rings. The average Bonchev–Trinajstić information content (AvgIpc) is 3.34. The van der Waals surface area contributed by atoms with Crippen molar-refractivity contribution in [2.45, 2.75) is 13.0 Å². The van der Waals surface area contributed by atoms with Gasteiger partial charge in [0.1, 0.15) is 5.82 Å². The summed E-state index contributed by atoms with van der Waals surface area (Å²) < 4.78 is 14.9. The van der Waals surface area contributed by atoms with E-state index in [4.69, 9.17) is 0 Å². The molecule has 0 aliphatic carbocycles. The summed E-state index contributed by atoms with van der Waals surface area (Å²) in [5.74, 6) is -0.0840. The molecule has 2 aromatic heterocycles. The third-order valence-electron chi connectivity index (χ3n) is 5.37. The second-order valence-electron chi connectivity index (χ2n) is 7.45. The number of hydrogen-bond donors (Lipinski definition) is 2. The molecule has 1 unspecified atom stereocenters. The molecule has 1 aliphatic heterocycles. The zero-order valence-electron chi connectivity index (χ0n) is 17.6. The molecular formula is C22H24FN7O2. The van der Waals surface area contributed by atoms with Gasteiger partial charge in [-0.2, -0.15) is 5.10 Å². The van der Waals surface area contributed by atoms with Crippen molar-refractivity contribution in [3.05, 3.63) is 66.9 Å². The summed E-state index contributed by atoms with van der Waals surface area (Å²) in [4.78, 5) is 33.3. The highest BCUT2D eigenvalue weighted by Gasteiger charge is 2.28. The molecule has 9 nitrogen and oxygen atoms in total. The first-order valence-electron chi connectivity index (χ1n) is 10.3. The first kappa shape index (κ1) is 21.4. The van der Waals surface area contributed by atoms with Crippen molar-refractivity contribution in [2.75, 3.05) is 36.8 Å². The minimum absolute atomic E-state index is 0.215. The highest BCUT2D eigenvalue weighted by Crippen LogP contribution is 2.18. The van der Waals surface area contributed by atoms with Gasteiger partial charge in [-0.1, -0.05) is 6.07 Å². The van der Waals surface area contributed by atoms with Gasteiger partial charge in [-0.25, -0.2) is 18.9 Å². The second-order valence-corrected chi connectivity index (χ2v) is 7.45. The van der Waals surface area contributed by atoms with Crippen LogP contribution in [0.1, 0.15) is 6.92 Å². The average molecular weight is 437 g/mol. The van der Waals surface area contributed by atoms with E-state index in [9.17, 15) is 14.0 Å². The summed E-state index contributed by atoms with van der Waals surface area (Å²) in [7, 11) is 0. The predicted molar refractivity (Wildman–Crippen MR) is 118 cm³/mol. The van der Waals surface area contributed by atoms with Gasteiger partial charge in [0.25, 0.3) is 0 Å². The highest BCUT2D eigenvalue weighted by atomic mass is 19.1. The number of nitrogens with zero attached hydrogens (tertiary/aromatic N) is 5. The van der Waals surface area contributed by atoms with Crippen molar-refractivity contribution >= 4 is 23.3 Å². The van der Waals surface area contributed by atoms with Crippen molar-refractivity contribution in [1.82, 2.24) is 24.6 Å². The number of pyridine rings is 1. The number of nitrogens with one attached hydrogen (secondary N) is 2. The Balaban J connectivity index is 1.32. The molecule has 10 heteroatoms. The fourth-order valence-electron chi connectivity index (χ4n) is 3.56. The number of carbonyl (C=O) groups excluding carboxylic acids is 2. The standard InChI is InChI=1S/C22H24FN7O2/c1-16(21(31)26-18-6-2-5-17(23)15-18)28-11-13-29(14-12-28)22(32)27-19-7-3-8-24-20(19)30-10-4-9-25-30/h2-10,15-16H,11-14H2,1H3,(H,26,31)(H,27,32). The van der Waals surface area contributed by atoms with Gasteiger partial charge >= 0.3 is 6.03 Å². The van der Waals surface area contributed by atoms with Crippen LogP contribution >= 0.6 is 0 Å². The van der Waals surface area contributed by atoms with Gasteiger partial charge in [-0.3, -0.25) is 9.69 Å². The van der Waals surface area contributed by atoms with E-state index in [1.807, 2.05) is 4.90 Å². The number of carbonyl (C=O) groups is 2.